The van der Waals surface area contributed by atoms with Gasteiger partial charge < -0.3 is 10.2 Å². The van der Waals surface area contributed by atoms with E-state index in [2.05, 4.69) is 21.7 Å². The first-order valence-electron chi connectivity index (χ1n) is 6.87. The summed E-state index contributed by atoms with van der Waals surface area (Å²) in [6.07, 6.45) is 3.60. The van der Waals surface area contributed by atoms with Crippen molar-refractivity contribution in [3.8, 4) is 0 Å². The maximum Gasteiger partial charge on any atom is 0.237 e. The Morgan fingerprint density at radius 3 is 3.11 bits per heavy atom. The number of amides is 1. The van der Waals surface area contributed by atoms with Crippen LogP contribution < -0.4 is 5.32 Å². The third-order valence-corrected chi connectivity index (χ3v) is 4.93. The van der Waals surface area contributed by atoms with Crippen LogP contribution >= 0.6 is 11.3 Å². The molecule has 0 spiro atoms. The van der Waals surface area contributed by atoms with E-state index in [4.69, 9.17) is 0 Å². The van der Waals surface area contributed by atoms with Gasteiger partial charge >= 0.3 is 0 Å². The molecule has 1 fully saturated rings. The van der Waals surface area contributed by atoms with Gasteiger partial charge in [0.05, 0.1) is 12.6 Å². The number of nitrogens with one attached hydrogen (secondary N) is 1. The molecule has 0 radical (unpaired) electrons. The normalized spacial score (nSPS) is 22.9. The van der Waals surface area contributed by atoms with Gasteiger partial charge in [-0.2, -0.15) is 0 Å². The van der Waals surface area contributed by atoms with E-state index in [0.29, 0.717) is 18.5 Å². The number of fused-ring (bicyclic) bond motifs is 1. The summed E-state index contributed by atoms with van der Waals surface area (Å²) in [6, 6.07) is 2.60. The average molecular weight is 264 g/mol. The predicted molar refractivity (Wildman–Crippen MR) is 73.7 cm³/mol. The van der Waals surface area contributed by atoms with E-state index >= 15 is 0 Å². The van der Waals surface area contributed by atoms with Gasteiger partial charge in [-0.3, -0.25) is 4.79 Å². The van der Waals surface area contributed by atoms with Crippen molar-refractivity contribution >= 4 is 17.2 Å². The second-order valence-corrected chi connectivity index (χ2v) is 6.20. The van der Waals surface area contributed by atoms with Crippen LogP contribution in [0.2, 0.25) is 0 Å². The van der Waals surface area contributed by atoms with Crippen molar-refractivity contribution in [3.63, 3.8) is 0 Å². The summed E-state index contributed by atoms with van der Waals surface area (Å²) in [6.45, 7) is 4.29. The fourth-order valence-corrected chi connectivity index (χ4v) is 3.79. The number of hydrogen-bond acceptors (Lipinski definition) is 3. The Morgan fingerprint density at radius 1 is 1.56 bits per heavy atom. The third kappa shape index (κ3) is 2.19. The summed E-state index contributed by atoms with van der Waals surface area (Å²) >= 11 is 1.85. The lowest BCUT2D eigenvalue weighted by molar-refractivity contribution is -0.133. The molecule has 1 N–H and O–H groups in total. The van der Waals surface area contributed by atoms with Crippen LogP contribution in [-0.2, 0) is 11.2 Å². The van der Waals surface area contributed by atoms with E-state index in [1.165, 1.54) is 23.3 Å². The van der Waals surface area contributed by atoms with E-state index in [1.807, 2.05) is 18.3 Å². The predicted octanol–water partition coefficient (Wildman–Crippen LogP) is 2.19. The number of carbonyl (C=O) groups is 1. The lowest BCUT2D eigenvalue weighted by Gasteiger charge is -2.36. The fourth-order valence-electron chi connectivity index (χ4n) is 2.88. The van der Waals surface area contributed by atoms with Crippen LogP contribution in [-0.4, -0.2) is 30.4 Å². The van der Waals surface area contributed by atoms with Crippen molar-refractivity contribution in [2.24, 2.45) is 5.92 Å². The van der Waals surface area contributed by atoms with E-state index in [9.17, 15) is 4.79 Å². The molecule has 0 saturated heterocycles. The van der Waals surface area contributed by atoms with Crippen LogP contribution in [0.1, 0.15) is 36.2 Å². The van der Waals surface area contributed by atoms with Crippen molar-refractivity contribution in [3.05, 3.63) is 21.9 Å². The largest absolute Gasteiger partial charge is 0.334 e. The Hall–Kier alpha value is -0.870. The molecule has 98 valence electrons. The van der Waals surface area contributed by atoms with E-state index in [-0.39, 0.29) is 5.91 Å². The third-order valence-electron chi connectivity index (χ3n) is 3.93. The van der Waals surface area contributed by atoms with Crippen molar-refractivity contribution in [1.82, 2.24) is 10.2 Å². The molecule has 1 aliphatic heterocycles. The first-order chi connectivity index (χ1) is 8.81. The number of carbonyl (C=O) groups excluding carboxylic acids is 1. The molecule has 1 amide bonds. The van der Waals surface area contributed by atoms with Crippen LogP contribution in [0.4, 0.5) is 0 Å². The van der Waals surface area contributed by atoms with Gasteiger partial charge in [-0.25, -0.2) is 0 Å². The quantitative estimate of drug-likeness (QED) is 0.904. The van der Waals surface area contributed by atoms with Gasteiger partial charge in [-0.05, 0) is 48.7 Å². The molecule has 1 saturated carbocycles. The fraction of sp³-hybridized carbons (Fsp3) is 0.643. The molecule has 1 aliphatic carbocycles. The van der Waals surface area contributed by atoms with Gasteiger partial charge in [0.15, 0.2) is 0 Å². The second-order valence-electron chi connectivity index (χ2n) is 5.20. The summed E-state index contributed by atoms with van der Waals surface area (Å²) < 4.78 is 0. The van der Waals surface area contributed by atoms with Crippen LogP contribution in [0.15, 0.2) is 11.4 Å². The molecule has 3 nitrogen and oxygen atoms in total. The molecule has 1 aromatic heterocycles. The summed E-state index contributed by atoms with van der Waals surface area (Å²) in [5, 5.41) is 5.33. The monoisotopic (exact) mass is 264 g/mol. The SMILES string of the molecule is CCNCC(=O)N1CCc2sccc2C1C1CC1. The lowest BCUT2D eigenvalue weighted by atomic mass is 9.96. The summed E-state index contributed by atoms with van der Waals surface area (Å²) in [4.78, 5) is 15.9. The molecular weight excluding hydrogens is 244 g/mol. The van der Waals surface area contributed by atoms with Crippen LogP contribution in [0.25, 0.3) is 0 Å². The Morgan fingerprint density at radius 2 is 2.39 bits per heavy atom. The molecule has 4 heteroatoms. The van der Waals surface area contributed by atoms with Gasteiger partial charge in [0.25, 0.3) is 0 Å². The number of hydrogen-bond donors (Lipinski definition) is 1. The summed E-state index contributed by atoms with van der Waals surface area (Å²) in [5.74, 6) is 0.981. The van der Waals surface area contributed by atoms with Crippen LogP contribution in [0.5, 0.6) is 0 Å². The minimum atomic E-state index is 0.269. The Labute approximate surface area is 112 Å². The van der Waals surface area contributed by atoms with Gasteiger partial charge in [0.2, 0.25) is 5.91 Å². The number of nitrogens with zero attached hydrogens (tertiary/aromatic N) is 1. The molecule has 18 heavy (non-hydrogen) atoms. The molecule has 2 heterocycles. The Kier molecular flexibility index (Phi) is 3.39. The van der Waals surface area contributed by atoms with Gasteiger partial charge in [-0.15, -0.1) is 11.3 Å². The highest BCUT2D eigenvalue weighted by molar-refractivity contribution is 7.10. The minimum absolute atomic E-state index is 0.269. The maximum absolute atomic E-state index is 12.3. The number of rotatable bonds is 4. The molecule has 0 aromatic carbocycles. The standard InChI is InChI=1S/C14H20N2OS/c1-2-15-9-13(17)16-7-5-12-11(6-8-18-12)14(16)10-3-4-10/h6,8,10,14-15H,2-5,7,9H2,1H3. The summed E-state index contributed by atoms with van der Waals surface area (Å²) in [5.41, 5.74) is 1.43. The topological polar surface area (TPSA) is 32.3 Å². The molecule has 3 rings (SSSR count). The van der Waals surface area contributed by atoms with Crippen molar-refractivity contribution in [2.75, 3.05) is 19.6 Å². The summed E-state index contributed by atoms with van der Waals surface area (Å²) in [7, 11) is 0. The zero-order valence-corrected chi connectivity index (χ0v) is 11.6. The smallest absolute Gasteiger partial charge is 0.237 e. The second kappa shape index (κ2) is 5.02. The first kappa shape index (κ1) is 12.2. The zero-order valence-electron chi connectivity index (χ0n) is 10.8. The Bertz CT molecular complexity index is 439. The zero-order chi connectivity index (χ0) is 12.5. The molecule has 1 aromatic rings. The number of likely N-dealkylation sites (N-methyl/N-ethyl adjacent to an activating group) is 1. The van der Waals surface area contributed by atoms with Crippen LogP contribution in [0, 0.1) is 5.92 Å². The van der Waals surface area contributed by atoms with Crippen molar-refractivity contribution < 1.29 is 4.79 Å². The Balaban J connectivity index is 1.80. The first-order valence-corrected chi connectivity index (χ1v) is 7.75. The van der Waals surface area contributed by atoms with Crippen molar-refractivity contribution in [1.29, 1.82) is 0 Å². The molecule has 1 unspecified atom stereocenters. The van der Waals surface area contributed by atoms with E-state index in [1.54, 1.807) is 0 Å². The van der Waals surface area contributed by atoms with E-state index < -0.39 is 0 Å². The number of thiophene rings is 1. The van der Waals surface area contributed by atoms with Crippen LogP contribution in [0.3, 0.4) is 0 Å². The maximum atomic E-state index is 12.3. The van der Waals surface area contributed by atoms with Crippen molar-refractivity contribution in [2.45, 2.75) is 32.2 Å². The van der Waals surface area contributed by atoms with Gasteiger partial charge in [0.1, 0.15) is 0 Å². The highest BCUT2D eigenvalue weighted by Gasteiger charge is 2.41. The highest BCUT2D eigenvalue weighted by atomic mass is 32.1. The molecule has 1 atom stereocenters. The van der Waals surface area contributed by atoms with Gasteiger partial charge in [0, 0.05) is 11.4 Å². The lowest BCUT2D eigenvalue weighted by Crippen LogP contribution is -2.44. The van der Waals surface area contributed by atoms with Gasteiger partial charge in [-0.1, -0.05) is 6.92 Å². The highest BCUT2D eigenvalue weighted by Crippen LogP contribution is 2.48. The van der Waals surface area contributed by atoms with E-state index in [0.717, 1.165) is 19.5 Å². The minimum Gasteiger partial charge on any atom is -0.334 e. The molecule has 2 aliphatic rings. The molecule has 0 bridgehead atoms. The molecular formula is C14H20N2OS. The average Bonchev–Trinajstić information content (AvgIpc) is 3.11.